The maximum Gasteiger partial charge on any atom is 0.229 e. The van der Waals surface area contributed by atoms with Gasteiger partial charge < -0.3 is 40.4 Å². The first-order valence-corrected chi connectivity index (χ1v) is 9.43. The molecule has 5 atom stereocenters. The average molecular weight is 419 g/mol. The predicted octanol–water partition coefficient (Wildman–Crippen LogP) is 0.618. The highest BCUT2D eigenvalue weighted by atomic mass is 16.7. The third-order valence-corrected chi connectivity index (χ3v) is 4.40. The molecule has 1 heterocycles. The fourth-order valence-electron chi connectivity index (χ4n) is 2.85. The molecule has 162 valence electrons. The van der Waals surface area contributed by atoms with E-state index in [9.17, 15) is 20.4 Å². The normalized spacial score (nSPS) is 26.6. The van der Waals surface area contributed by atoms with Crippen molar-refractivity contribution in [2.24, 2.45) is 16.0 Å². The van der Waals surface area contributed by atoms with E-state index in [4.69, 9.17) is 19.9 Å². The Kier molecular flexibility index (Phi) is 7.69. The van der Waals surface area contributed by atoms with Crippen molar-refractivity contribution >= 4 is 11.4 Å². The van der Waals surface area contributed by atoms with Gasteiger partial charge >= 0.3 is 0 Å². The van der Waals surface area contributed by atoms with Gasteiger partial charge in [-0.15, -0.1) is 0 Å². The number of nitrogens with zero attached hydrogens (tertiary/aromatic N) is 2. The lowest BCUT2D eigenvalue weighted by Crippen LogP contribution is -2.60. The zero-order valence-corrected chi connectivity index (χ0v) is 16.1. The third-order valence-electron chi connectivity index (χ3n) is 4.40. The zero-order chi connectivity index (χ0) is 21.5. The standard InChI is InChI=1S/C20H25N3O7/c21-7-8-28-14-5-1-3-12(9-14)22-23-13-4-2-6-15(10-13)29-20-19(27)18(26)17(25)16(11-24)30-20/h1-6,9-10,16-20,24-27H,7-8,11,21H2/t16-,17+,18+,19-,20-/m1/s1. The van der Waals surface area contributed by atoms with Crippen molar-refractivity contribution in [2.75, 3.05) is 19.8 Å². The smallest absolute Gasteiger partial charge is 0.229 e. The van der Waals surface area contributed by atoms with E-state index in [0.717, 1.165) is 0 Å². The van der Waals surface area contributed by atoms with Crippen LogP contribution in [0, 0.1) is 0 Å². The Labute approximate surface area is 173 Å². The number of ether oxygens (including phenoxy) is 3. The maximum atomic E-state index is 10.1. The minimum atomic E-state index is -1.52. The van der Waals surface area contributed by atoms with Crippen molar-refractivity contribution in [3.63, 3.8) is 0 Å². The number of aliphatic hydroxyl groups excluding tert-OH is 4. The molecule has 10 nitrogen and oxygen atoms in total. The van der Waals surface area contributed by atoms with Crippen LogP contribution in [0.1, 0.15) is 0 Å². The Morgan fingerprint density at radius 3 is 2.17 bits per heavy atom. The molecular formula is C20H25N3O7. The Morgan fingerprint density at radius 1 is 0.900 bits per heavy atom. The van der Waals surface area contributed by atoms with Gasteiger partial charge in [0.2, 0.25) is 6.29 Å². The molecule has 1 aliphatic heterocycles. The molecule has 30 heavy (non-hydrogen) atoms. The van der Waals surface area contributed by atoms with Crippen molar-refractivity contribution < 1.29 is 34.6 Å². The van der Waals surface area contributed by atoms with E-state index >= 15 is 0 Å². The van der Waals surface area contributed by atoms with E-state index in [2.05, 4.69) is 10.2 Å². The van der Waals surface area contributed by atoms with Crippen LogP contribution in [-0.2, 0) is 4.74 Å². The number of nitrogens with two attached hydrogens (primary N) is 1. The number of rotatable bonds is 8. The first-order valence-electron chi connectivity index (χ1n) is 9.43. The quantitative estimate of drug-likeness (QED) is 0.389. The van der Waals surface area contributed by atoms with E-state index in [0.29, 0.717) is 36.0 Å². The van der Waals surface area contributed by atoms with Gasteiger partial charge in [-0.2, -0.15) is 10.2 Å². The van der Waals surface area contributed by atoms with Gasteiger partial charge in [0.1, 0.15) is 42.5 Å². The average Bonchev–Trinajstić information content (AvgIpc) is 2.77. The molecule has 0 spiro atoms. The number of benzene rings is 2. The van der Waals surface area contributed by atoms with Crippen LogP contribution in [-0.4, -0.2) is 70.9 Å². The maximum absolute atomic E-state index is 10.1. The Bertz CT molecular complexity index is 849. The summed E-state index contributed by atoms with van der Waals surface area (Å²) < 4.78 is 16.4. The molecule has 0 amide bonds. The minimum Gasteiger partial charge on any atom is -0.492 e. The van der Waals surface area contributed by atoms with Gasteiger partial charge in [-0.1, -0.05) is 12.1 Å². The summed E-state index contributed by atoms with van der Waals surface area (Å²) in [5.74, 6) is 0.937. The van der Waals surface area contributed by atoms with Crippen LogP contribution in [0.5, 0.6) is 11.5 Å². The lowest BCUT2D eigenvalue weighted by atomic mass is 9.99. The van der Waals surface area contributed by atoms with Crippen LogP contribution in [0.2, 0.25) is 0 Å². The van der Waals surface area contributed by atoms with Gasteiger partial charge in [0.05, 0.1) is 18.0 Å². The van der Waals surface area contributed by atoms with Crippen LogP contribution in [0.15, 0.2) is 58.8 Å². The largest absolute Gasteiger partial charge is 0.492 e. The zero-order valence-electron chi connectivity index (χ0n) is 16.1. The number of hydrogen-bond donors (Lipinski definition) is 5. The molecular weight excluding hydrogens is 394 g/mol. The molecule has 0 unspecified atom stereocenters. The lowest BCUT2D eigenvalue weighted by Gasteiger charge is -2.39. The van der Waals surface area contributed by atoms with Crippen molar-refractivity contribution in [3.8, 4) is 11.5 Å². The molecule has 0 aliphatic carbocycles. The predicted molar refractivity (Wildman–Crippen MR) is 106 cm³/mol. The number of azo groups is 1. The number of aliphatic hydroxyl groups is 4. The van der Waals surface area contributed by atoms with Gasteiger partial charge in [-0.3, -0.25) is 0 Å². The van der Waals surface area contributed by atoms with E-state index in [1.54, 1.807) is 48.5 Å². The Hall–Kier alpha value is -2.60. The first kappa shape index (κ1) is 22.1. The van der Waals surface area contributed by atoms with E-state index in [-0.39, 0.29) is 0 Å². The van der Waals surface area contributed by atoms with Crippen molar-refractivity contribution in [1.29, 1.82) is 0 Å². The highest BCUT2D eigenvalue weighted by Gasteiger charge is 2.44. The van der Waals surface area contributed by atoms with E-state index in [1.165, 1.54) is 0 Å². The molecule has 1 aliphatic rings. The molecule has 2 aromatic rings. The summed E-state index contributed by atoms with van der Waals surface area (Å²) in [7, 11) is 0. The van der Waals surface area contributed by atoms with E-state index < -0.39 is 37.3 Å². The van der Waals surface area contributed by atoms with Gasteiger partial charge in [0.15, 0.2) is 0 Å². The summed E-state index contributed by atoms with van der Waals surface area (Å²) in [5.41, 5.74) is 6.49. The molecule has 10 heteroatoms. The highest BCUT2D eigenvalue weighted by molar-refractivity contribution is 5.46. The highest BCUT2D eigenvalue weighted by Crippen LogP contribution is 2.28. The monoisotopic (exact) mass is 419 g/mol. The van der Waals surface area contributed by atoms with Gasteiger partial charge in [-0.25, -0.2) is 0 Å². The summed E-state index contributed by atoms with van der Waals surface area (Å²) in [6.45, 7) is 0.276. The Balaban J connectivity index is 1.68. The molecule has 0 aromatic heterocycles. The van der Waals surface area contributed by atoms with E-state index in [1.807, 2.05) is 0 Å². The molecule has 3 rings (SSSR count). The Morgan fingerprint density at radius 2 is 1.53 bits per heavy atom. The molecule has 0 saturated carbocycles. The third kappa shape index (κ3) is 5.51. The molecule has 2 aromatic carbocycles. The fourth-order valence-corrected chi connectivity index (χ4v) is 2.85. The lowest BCUT2D eigenvalue weighted by molar-refractivity contribution is -0.277. The summed E-state index contributed by atoms with van der Waals surface area (Å²) in [5, 5.41) is 47.4. The summed E-state index contributed by atoms with van der Waals surface area (Å²) in [4.78, 5) is 0. The van der Waals surface area contributed by atoms with Crippen LogP contribution < -0.4 is 15.2 Å². The molecule has 1 fully saturated rings. The summed E-state index contributed by atoms with van der Waals surface area (Å²) in [6.07, 6.45) is -6.79. The topological polar surface area (TPSA) is 159 Å². The summed E-state index contributed by atoms with van der Waals surface area (Å²) >= 11 is 0. The second-order valence-corrected chi connectivity index (χ2v) is 6.65. The number of hydrogen-bond acceptors (Lipinski definition) is 10. The van der Waals surface area contributed by atoms with Crippen LogP contribution >= 0.6 is 0 Å². The van der Waals surface area contributed by atoms with Gasteiger partial charge in [0, 0.05) is 18.7 Å². The molecule has 6 N–H and O–H groups in total. The first-order chi connectivity index (χ1) is 14.5. The van der Waals surface area contributed by atoms with Crippen LogP contribution in [0.3, 0.4) is 0 Å². The molecule has 0 radical (unpaired) electrons. The molecule has 1 saturated heterocycles. The van der Waals surface area contributed by atoms with Crippen LogP contribution in [0.25, 0.3) is 0 Å². The second kappa shape index (κ2) is 10.4. The van der Waals surface area contributed by atoms with Crippen molar-refractivity contribution in [3.05, 3.63) is 48.5 Å². The minimum absolute atomic E-state index is 0.302. The van der Waals surface area contributed by atoms with Crippen molar-refractivity contribution in [2.45, 2.75) is 30.7 Å². The van der Waals surface area contributed by atoms with Gasteiger partial charge in [0.25, 0.3) is 0 Å². The SMILES string of the molecule is NCCOc1cccc(N=Nc2cccc(O[C@@H]3O[C@H](CO)[C@H](O)[C@H](O)[C@H]3O)c2)c1. The van der Waals surface area contributed by atoms with Crippen molar-refractivity contribution in [1.82, 2.24) is 0 Å². The molecule has 0 bridgehead atoms. The van der Waals surface area contributed by atoms with Gasteiger partial charge in [-0.05, 0) is 24.3 Å². The van der Waals surface area contributed by atoms with Crippen LogP contribution in [0.4, 0.5) is 11.4 Å². The second-order valence-electron chi connectivity index (χ2n) is 6.65. The fraction of sp³-hybridized carbons (Fsp3) is 0.400. The summed E-state index contributed by atoms with van der Waals surface area (Å²) in [6, 6.07) is 13.7.